The van der Waals surface area contributed by atoms with Crippen molar-refractivity contribution in [1.29, 1.82) is 0 Å². The molecule has 25 heavy (non-hydrogen) atoms. The van der Waals surface area contributed by atoms with Crippen molar-refractivity contribution in [2.45, 2.75) is 20.4 Å². The minimum Gasteiger partial charge on any atom is -0.336 e. The van der Waals surface area contributed by atoms with Crippen LogP contribution in [0.5, 0.6) is 0 Å². The number of nitrogens with zero attached hydrogens (tertiary/aromatic N) is 6. The smallest absolute Gasteiger partial charge is 0.274 e. The van der Waals surface area contributed by atoms with Crippen LogP contribution in [0.15, 0.2) is 24.5 Å². The molecule has 0 aromatic carbocycles. The van der Waals surface area contributed by atoms with E-state index in [4.69, 9.17) is 0 Å². The van der Waals surface area contributed by atoms with Gasteiger partial charge in [0.05, 0.1) is 11.4 Å². The quantitative estimate of drug-likeness (QED) is 0.719. The normalized spacial score (nSPS) is 15.0. The summed E-state index contributed by atoms with van der Waals surface area (Å²) in [6.07, 6.45) is 3.76. The summed E-state index contributed by atoms with van der Waals surface area (Å²) < 4.78 is 3.65. The van der Waals surface area contributed by atoms with Crippen LogP contribution in [0.2, 0.25) is 0 Å². The first kappa shape index (κ1) is 16.1. The Kier molecular flexibility index (Phi) is 4.20. The van der Waals surface area contributed by atoms with E-state index in [1.54, 1.807) is 16.8 Å². The summed E-state index contributed by atoms with van der Waals surface area (Å²) >= 11 is 1.88. The Bertz CT molecular complexity index is 925. The first-order valence-electron chi connectivity index (χ1n) is 8.43. The number of aryl methyl sites for hydroxylation is 2. The monoisotopic (exact) mass is 356 g/mol. The lowest BCUT2D eigenvalue weighted by atomic mass is 10.2. The minimum atomic E-state index is -0.0160. The lowest BCUT2D eigenvalue weighted by molar-refractivity contribution is 0.0766. The second-order valence-corrected chi connectivity index (χ2v) is 7.24. The van der Waals surface area contributed by atoms with Crippen LogP contribution < -0.4 is 0 Å². The van der Waals surface area contributed by atoms with Crippen molar-refractivity contribution in [3.63, 3.8) is 0 Å². The van der Waals surface area contributed by atoms with E-state index in [9.17, 15) is 4.79 Å². The largest absolute Gasteiger partial charge is 0.336 e. The van der Waals surface area contributed by atoms with Gasteiger partial charge in [0, 0.05) is 55.2 Å². The Balaban J connectivity index is 1.76. The molecule has 0 aliphatic carbocycles. The number of aromatic nitrogens is 5. The van der Waals surface area contributed by atoms with Gasteiger partial charge < -0.3 is 4.90 Å². The van der Waals surface area contributed by atoms with E-state index in [0.29, 0.717) is 11.3 Å². The standard InChI is InChI=1S/C17H20N6OS/c1-3-22-11-13(12(2)19-22)15-4-5-18-16-10-14(20-23(15)16)17(24)21-6-8-25-9-7-21/h4-5,10-11H,3,6-9H2,1-2H3. The van der Waals surface area contributed by atoms with E-state index in [-0.39, 0.29) is 5.91 Å². The zero-order chi connectivity index (χ0) is 17.4. The molecule has 8 heteroatoms. The third kappa shape index (κ3) is 2.90. The number of hydrogen-bond acceptors (Lipinski definition) is 5. The molecule has 4 heterocycles. The predicted octanol–water partition coefficient (Wildman–Crippen LogP) is 2.11. The Labute approximate surface area is 150 Å². The molecule has 7 nitrogen and oxygen atoms in total. The molecule has 0 atom stereocenters. The van der Waals surface area contributed by atoms with Crippen LogP contribution in [-0.4, -0.2) is 59.8 Å². The fourth-order valence-electron chi connectivity index (χ4n) is 3.06. The first-order chi connectivity index (χ1) is 12.2. The van der Waals surface area contributed by atoms with E-state index in [1.807, 2.05) is 40.5 Å². The third-order valence-corrected chi connectivity index (χ3v) is 5.36. The Hall–Kier alpha value is -2.35. The van der Waals surface area contributed by atoms with Crippen molar-refractivity contribution in [2.24, 2.45) is 0 Å². The summed E-state index contributed by atoms with van der Waals surface area (Å²) in [6, 6.07) is 3.68. The highest BCUT2D eigenvalue weighted by Gasteiger charge is 2.22. The highest BCUT2D eigenvalue weighted by Crippen LogP contribution is 2.23. The number of thioether (sulfide) groups is 1. The lowest BCUT2D eigenvalue weighted by Crippen LogP contribution is -2.38. The zero-order valence-corrected chi connectivity index (χ0v) is 15.2. The highest BCUT2D eigenvalue weighted by molar-refractivity contribution is 7.99. The van der Waals surface area contributed by atoms with Crippen LogP contribution in [0.1, 0.15) is 23.1 Å². The summed E-state index contributed by atoms with van der Waals surface area (Å²) in [5.74, 6) is 1.95. The van der Waals surface area contributed by atoms with Gasteiger partial charge in [0.2, 0.25) is 0 Å². The summed E-state index contributed by atoms with van der Waals surface area (Å²) in [7, 11) is 0. The molecule has 1 fully saturated rings. The Morgan fingerprint density at radius 2 is 2.08 bits per heavy atom. The summed E-state index contributed by atoms with van der Waals surface area (Å²) in [4.78, 5) is 19.0. The van der Waals surface area contributed by atoms with Gasteiger partial charge in [0.1, 0.15) is 0 Å². The van der Waals surface area contributed by atoms with Gasteiger partial charge in [0.25, 0.3) is 5.91 Å². The van der Waals surface area contributed by atoms with E-state index < -0.39 is 0 Å². The second kappa shape index (κ2) is 6.51. The summed E-state index contributed by atoms with van der Waals surface area (Å²) in [6.45, 7) is 6.40. The van der Waals surface area contributed by atoms with Crippen LogP contribution in [0.25, 0.3) is 16.9 Å². The molecular weight excluding hydrogens is 336 g/mol. The maximum absolute atomic E-state index is 12.7. The molecule has 1 aliphatic rings. The molecule has 0 radical (unpaired) electrons. The van der Waals surface area contributed by atoms with E-state index >= 15 is 0 Å². The Morgan fingerprint density at radius 1 is 1.28 bits per heavy atom. The molecule has 1 saturated heterocycles. The topological polar surface area (TPSA) is 68.3 Å². The summed E-state index contributed by atoms with van der Waals surface area (Å²) in [5, 5.41) is 9.06. The number of carbonyl (C=O) groups excluding carboxylic acids is 1. The van der Waals surface area contributed by atoms with Crippen molar-refractivity contribution in [1.82, 2.24) is 29.3 Å². The number of rotatable bonds is 3. The zero-order valence-electron chi connectivity index (χ0n) is 14.3. The average Bonchev–Trinajstić information content (AvgIpc) is 3.25. The van der Waals surface area contributed by atoms with Crippen molar-refractivity contribution in [3.05, 3.63) is 35.9 Å². The number of amides is 1. The highest BCUT2D eigenvalue weighted by atomic mass is 32.2. The molecular formula is C17H20N6OS. The van der Waals surface area contributed by atoms with Gasteiger partial charge in [-0.05, 0) is 19.9 Å². The maximum atomic E-state index is 12.7. The van der Waals surface area contributed by atoms with Gasteiger partial charge >= 0.3 is 0 Å². The molecule has 0 unspecified atom stereocenters. The van der Waals surface area contributed by atoms with Crippen LogP contribution in [0.4, 0.5) is 0 Å². The van der Waals surface area contributed by atoms with E-state index in [1.165, 1.54) is 0 Å². The third-order valence-electron chi connectivity index (χ3n) is 4.42. The van der Waals surface area contributed by atoms with Crippen molar-refractivity contribution in [3.8, 4) is 11.3 Å². The van der Waals surface area contributed by atoms with Crippen molar-refractivity contribution >= 4 is 23.3 Å². The first-order valence-corrected chi connectivity index (χ1v) is 9.59. The fourth-order valence-corrected chi connectivity index (χ4v) is 3.97. The molecule has 3 aromatic rings. The second-order valence-electron chi connectivity index (χ2n) is 6.02. The molecule has 0 N–H and O–H groups in total. The fraction of sp³-hybridized carbons (Fsp3) is 0.412. The molecule has 0 bridgehead atoms. The van der Waals surface area contributed by atoms with Crippen molar-refractivity contribution < 1.29 is 4.79 Å². The van der Waals surface area contributed by atoms with E-state index in [2.05, 4.69) is 22.1 Å². The van der Waals surface area contributed by atoms with Gasteiger partial charge in [-0.1, -0.05) is 0 Å². The molecule has 0 spiro atoms. The lowest BCUT2D eigenvalue weighted by Gasteiger charge is -2.25. The van der Waals surface area contributed by atoms with E-state index in [0.717, 1.165) is 48.1 Å². The summed E-state index contributed by atoms with van der Waals surface area (Å²) in [5.41, 5.74) is 3.97. The number of hydrogen-bond donors (Lipinski definition) is 0. The molecule has 0 saturated carbocycles. The maximum Gasteiger partial charge on any atom is 0.274 e. The van der Waals surface area contributed by atoms with Crippen LogP contribution in [-0.2, 0) is 6.54 Å². The molecule has 130 valence electrons. The number of carbonyl (C=O) groups is 1. The molecule has 1 amide bonds. The molecule has 4 rings (SSSR count). The van der Waals surface area contributed by atoms with Gasteiger partial charge in [-0.3, -0.25) is 9.48 Å². The average molecular weight is 356 g/mol. The van der Waals surface area contributed by atoms with Gasteiger partial charge in [-0.25, -0.2) is 9.50 Å². The Morgan fingerprint density at radius 3 is 2.80 bits per heavy atom. The minimum absolute atomic E-state index is 0.0160. The molecule has 3 aromatic heterocycles. The van der Waals surface area contributed by atoms with Gasteiger partial charge in [0.15, 0.2) is 11.3 Å². The number of fused-ring (bicyclic) bond motifs is 1. The van der Waals surface area contributed by atoms with Crippen LogP contribution in [0.3, 0.4) is 0 Å². The van der Waals surface area contributed by atoms with Crippen molar-refractivity contribution in [2.75, 3.05) is 24.6 Å². The van der Waals surface area contributed by atoms with Gasteiger partial charge in [-0.15, -0.1) is 0 Å². The predicted molar refractivity (Wildman–Crippen MR) is 97.8 cm³/mol. The van der Waals surface area contributed by atoms with Crippen LogP contribution >= 0.6 is 11.8 Å². The van der Waals surface area contributed by atoms with Crippen LogP contribution in [0, 0.1) is 6.92 Å². The van der Waals surface area contributed by atoms with Gasteiger partial charge in [-0.2, -0.15) is 22.0 Å². The SMILES string of the molecule is CCn1cc(-c2ccnc3cc(C(=O)N4CCSCC4)nn23)c(C)n1. The molecule has 1 aliphatic heterocycles.